The summed E-state index contributed by atoms with van der Waals surface area (Å²) in [6.45, 7) is 2.43. The van der Waals surface area contributed by atoms with Crippen LogP contribution in [0.25, 0.3) is 0 Å². The zero-order chi connectivity index (χ0) is 20.0. The molecule has 1 saturated heterocycles. The third-order valence-electron chi connectivity index (χ3n) is 4.63. The largest absolute Gasteiger partial charge is 0.497 e. The first-order valence-electron chi connectivity index (χ1n) is 9.21. The summed E-state index contributed by atoms with van der Waals surface area (Å²) in [5.74, 6) is 1.35. The van der Waals surface area contributed by atoms with Gasteiger partial charge in [-0.3, -0.25) is 4.90 Å². The second kappa shape index (κ2) is 9.38. The number of sulfonamides is 1. The van der Waals surface area contributed by atoms with Gasteiger partial charge < -0.3 is 14.6 Å². The van der Waals surface area contributed by atoms with Gasteiger partial charge in [0.05, 0.1) is 18.6 Å². The molecule has 2 aromatic carbocycles. The van der Waals surface area contributed by atoms with E-state index in [1.54, 1.807) is 31.4 Å². The van der Waals surface area contributed by atoms with E-state index in [1.165, 1.54) is 0 Å². The molecule has 2 N–H and O–H groups in total. The van der Waals surface area contributed by atoms with Gasteiger partial charge in [0.25, 0.3) is 0 Å². The highest BCUT2D eigenvalue weighted by Crippen LogP contribution is 2.20. The van der Waals surface area contributed by atoms with Gasteiger partial charge in [-0.1, -0.05) is 12.1 Å². The number of aliphatic hydroxyl groups is 1. The van der Waals surface area contributed by atoms with Crippen LogP contribution in [-0.4, -0.2) is 57.9 Å². The minimum absolute atomic E-state index is 0.0215. The summed E-state index contributed by atoms with van der Waals surface area (Å²) in [5, 5.41) is 8.86. The Labute approximate surface area is 165 Å². The van der Waals surface area contributed by atoms with E-state index in [9.17, 15) is 8.42 Å². The van der Waals surface area contributed by atoms with E-state index >= 15 is 0 Å². The van der Waals surface area contributed by atoms with Gasteiger partial charge in [-0.05, 0) is 48.4 Å². The topological polar surface area (TPSA) is 88.1 Å². The molecule has 1 atom stereocenters. The van der Waals surface area contributed by atoms with E-state index in [0.717, 1.165) is 30.8 Å². The summed E-state index contributed by atoms with van der Waals surface area (Å²) in [6.07, 6.45) is 0.760. The molecule has 1 heterocycles. The van der Waals surface area contributed by atoms with E-state index in [4.69, 9.17) is 14.6 Å². The number of benzene rings is 2. The van der Waals surface area contributed by atoms with Crippen molar-refractivity contribution >= 4 is 10.0 Å². The second-order valence-electron chi connectivity index (χ2n) is 6.74. The van der Waals surface area contributed by atoms with Crippen LogP contribution in [0.2, 0.25) is 0 Å². The number of rotatable bonds is 9. The van der Waals surface area contributed by atoms with Crippen molar-refractivity contribution in [3.05, 3.63) is 54.1 Å². The molecule has 0 bridgehead atoms. The van der Waals surface area contributed by atoms with Crippen molar-refractivity contribution in [3.63, 3.8) is 0 Å². The lowest BCUT2D eigenvalue weighted by atomic mass is 10.2. The lowest BCUT2D eigenvalue weighted by Gasteiger charge is -2.17. The summed E-state index contributed by atoms with van der Waals surface area (Å²) in [4.78, 5) is 2.45. The summed E-state index contributed by atoms with van der Waals surface area (Å²) >= 11 is 0. The number of nitrogens with zero attached hydrogens (tertiary/aromatic N) is 1. The second-order valence-corrected chi connectivity index (χ2v) is 8.45. The number of likely N-dealkylation sites (tertiary alicyclic amines) is 1. The zero-order valence-corrected chi connectivity index (χ0v) is 16.7. The Morgan fingerprint density at radius 3 is 2.68 bits per heavy atom. The predicted molar refractivity (Wildman–Crippen MR) is 106 cm³/mol. The van der Waals surface area contributed by atoms with Gasteiger partial charge in [0.1, 0.15) is 18.1 Å². The van der Waals surface area contributed by atoms with Crippen molar-refractivity contribution in [1.29, 1.82) is 0 Å². The number of ether oxygens (including phenoxy) is 2. The molecule has 0 aromatic heterocycles. The van der Waals surface area contributed by atoms with Crippen LogP contribution in [0.1, 0.15) is 12.0 Å². The molecule has 8 heteroatoms. The van der Waals surface area contributed by atoms with Gasteiger partial charge in [0, 0.05) is 25.7 Å². The van der Waals surface area contributed by atoms with E-state index in [1.807, 2.05) is 24.3 Å². The van der Waals surface area contributed by atoms with Crippen molar-refractivity contribution in [2.24, 2.45) is 0 Å². The van der Waals surface area contributed by atoms with E-state index in [-0.39, 0.29) is 24.2 Å². The molecule has 0 amide bonds. The molecule has 7 nitrogen and oxygen atoms in total. The quantitative estimate of drug-likeness (QED) is 0.658. The first-order chi connectivity index (χ1) is 13.5. The molecule has 0 aliphatic carbocycles. The number of hydrogen-bond donors (Lipinski definition) is 2. The summed E-state index contributed by atoms with van der Waals surface area (Å²) < 4.78 is 38.5. The Bertz CT molecular complexity index is 870. The smallest absolute Gasteiger partial charge is 0.240 e. The minimum Gasteiger partial charge on any atom is -0.497 e. The molecule has 3 rings (SSSR count). The fraction of sp³-hybridized carbons (Fsp3) is 0.400. The maximum Gasteiger partial charge on any atom is 0.240 e. The van der Waals surface area contributed by atoms with E-state index in [0.29, 0.717) is 12.3 Å². The molecule has 2 aromatic rings. The lowest BCUT2D eigenvalue weighted by molar-refractivity contribution is 0.201. The average Bonchev–Trinajstić information content (AvgIpc) is 3.12. The molecule has 1 fully saturated rings. The highest BCUT2D eigenvalue weighted by Gasteiger charge is 2.27. The van der Waals surface area contributed by atoms with Crippen LogP contribution in [0.15, 0.2) is 53.4 Å². The molecule has 0 unspecified atom stereocenters. The van der Waals surface area contributed by atoms with Crippen LogP contribution in [0.4, 0.5) is 0 Å². The SMILES string of the molecule is COc1ccc(S(=O)(=O)N[C@H]2CCN(Cc3cccc(OCCO)c3)C2)cc1. The van der Waals surface area contributed by atoms with Crippen LogP contribution < -0.4 is 14.2 Å². The molecule has 0 saturated carbocycles. The average molecular weight is 407 g/mol. The lowest BCUT2D eigenvalue weighted by Crippen LogP contribution is -2.36. The van der Waals surface area contributed by atoms with Crippen molar-refractivity contribution in [2.45, 2.75) is 23.9 Å². The fourth-order valence-electron chi connectivity index (χ4n) is 3.27. The molecule has 1 aliphatic rings. The van der Waals surface area contributed by atoms with Crippen LogP contribution in [0, 0.1) is 0 Å². The van der Waals surface area contributed by atoms with Crippen molar-refractivity contribution in [3.8, 4) is 11.5 Å². The predicted octanol–water partition coefficient (Wildman–Crippen LogP) is 1.62. The van der Waals surface area contributed by atoms with Crippen LogP contribution in [0.3, 0.4) is 0 Å². The van der Waals surface area contributed by atoms with Crippen LogP contribution in [-0.2, 0) is 16.6 Å². The van der Waals surface area contributed by atoms with Crippen LogP contribution >= 0.6 is 0 Å². The Hall–Kier alpha value is -2.13. The maximum absolute atomic E-state index is 12.6. The number of hydrogen-bond acceptors (Lipinski definition) is 6. The third-order valence-corrected chi connectivity index (χ3v) is 6.16. The first kappa shape index (κ1) is 20.6. The monoisotopic (exact) mass is 406 g/mol. The summed E-state index contributed by atoms with van der Waals surface area (Å²) in [7, 11) is -2.01. The molecular formula is C20H26N2O5S. The van der Waals surface area contributed by atoms with Crippen molar-refractivity contribution in [1.82, 2.24) is 9.62 Å². The fourth-order valence-corrected chi connectivity index (χ4v) is 4.53. The Morgan fingerprint density at radius 2 is 1.96 bits per heavy atom. The van der Waals surface area contributed by atoms with Gasteiger partial charge in [-0.2, -0.15) is 0 Å². The zero-order valence-electron chi connectivity index (χ0n) is 15.9. The first-order valence-corrected chi connectivity index (χ1v) is 10.7. The van der Waals surface area contributed by atoms with Gasteiger partial charge in [-0.25, -0.2) is 13.1 Å². The normalized spacial score (nSPS) is 17.6. The number of methoxy groups -OCH3 is 1. The standard InChI is InChI=1S/C20H26N2O5S/c1-26-18-5-7-20(8-6-18)28(24,25)21-17-9-10-22(15-17)14-16-3-2-4-19(13-16)27-12-11-23/h2-8,13,17,21,23H,9-12,14-15H2,1H3/t17-/m0/s1. The number of nitrogens with one attached hydrogen (secondary N) is 1. The number of aliphatic hydroxyl groups excluding tert-OH is 1. The molecule has 0 spiro atoms. The Balaban J connectivity index is 1.56. The van der Waals surface area contributed by atoms with Crippen LogP contribution in [0.5, 0.6) is 11.5 Å². The molecule has 28 heavy (non-hydrogen) atoms. The van der Waals surface area contributed by atoms with Crippen molar-refractivity contribution < 1.29 is 23.0 Å². The van der Waals surface area contributed by atoms with Gasteiger partial charge >= 0.3 is 0 Å². The minimum atomic E-state index is -3.56. The van der Waals surface area contributed by atoms with E-state index < -0.39 is 10.0 Å². The Morgan fingerprint density at radius 1 is 1.18 bits per heavy atom. The Kier molecular flexibility index (Phi) is 6.90. The molecular weight excluding hydrogens is 380 g/mol. The van der Waals surface area contributed by atoms with Crippen molar-refractivity contribution in [2.75, 3.05) is 33.4 Å². The van der Waals surface area contributed by atoms with E-state index in [2.05, 4.69) is 9.62 Å². The third kappa shape index (κ3) is 5.45. The molecule has 0 radical (unpaired) electrons. The molecule has 152 valence electrons. The highest BCUT2D eigenvalue weighted by molar-refractivity contribution is 7.89. The van der Waals surface area contributed by atoms with Gasteiger partial charge in [0.2, 0.25) is 10.0 Å². The van der Waals surface area contributed by atoms with Gasteiger partial charge in [0.15, 0.2) is 0 Å². The maximum atomic E-state index is 12.6. The highest BCUT2D eigenvalue weighted by atomic mass is 32.2. The molecule has 1 aliphatic heterocycles. The summed E-state index contributed by atoms with van der Waals surface area (Å²) in [5.41, 5.74) is 1.09. The summed E-state index contributed by atoms with van der Waals surface area (Å²) in [6, 6.07) is 14.0. The van der Waals surface area contributed by atoms with Gasteiger partial charge in [-0.15, -0.1) is 0 Å².